The summed E-state index contributed by atoms with van der Waals surface area (Å²) in [5.74, 6) is -0.622. The lowest BCUT2D eigenvalue weighted by Crippen LogP contribution is -2.40. The van der Waals surface area contributed by atoms with Crippen LogP contribution in [0.25, 0.3) is 0 Å². The highest BCUT2D eigenvalue weighted by molar-refractivity contribution is 6.04. The predicted octanol–water partition coefficient (Wildman–Crippen LogP) is 2.76. The number of anilines is 1. The molecular weight excluding hydrogens is 365 g/mol. The van der Waals surface area contributed by atoms with Crippen LogP contribution < -0.4 is 20.1 Å². The summed E-state index contributed by atoms with van der Waals surface area (Å²) in [5.41, 5.74) is -0.0168. The van der Waals surface area contributed by atoms with Crippen LogP contribution in [0.3, 0.4) is 0 Å². The molecule has 6 nitrogen and oxygen atoms in total. The zero-order valence-electron chi connectivity index (χ0n) is 13.9. The Labute approximate surface area is 152 Å². The molecule has 3 rings (SSSR count). The van der Waals surface area contributed by atoms with Crippen molar-refractivity contribution < 1.29 is 32.2 Å². The molecule has 27 heavy (non-hydrogen) atoms. The number of ether oxygens (including phenoxy) is 2. The highest BCUT2D eigenvalue weighted by atomic mass is 19.4. The molecule has 0 aliphatic carbocycles. The fourth-order valence-corrected chi connectivity index (χ4v) is 2.43. The van der Waals surface area contributed by atoms with Crippen molar-refractivity contribution in [2.75, 3.05) is 18.5 Å². The van der Waals surface area contributed by atoms with E-state index in [0.29, 0.717) is 11.5 Å². The first kappa shape index (κ1) is 18.6. The Morgan fingerprint density at radius 3 is 2.44 bits per heavy atom. The molecule has 2 aromatic carbocycles. The van der Waals surface area contributed by atoms with E-state index in [9.17, 15) is 22.8 Å². The van der Waals surface area contributed by atoms with Crippen LogP contribution in [0.5, 0.6) is 11.5 Å². The Hall–Kier alpha value is -3.23. The van der Waals surface area contributed by atoms with Crippen molar-refractivity contribution in [1.29, 1.82) is 0 Å². The van der Waals surface area contributed by atoms with Gasteiger partial charge in [0.05, 0.1) is 11.3 Å². The van der Waals surface area contributed by atoms with E-state index >= 15 is 0 Å². The molecule has 0 spiro atoms. The number of para-hydroxylation sites is 3. The molecule has 2 aromatic rings. The molecule has 0 bridgehead atoms. The number of benzene rings is 2. The van der Waals surface area contributed by atoms with Crippen molar-refractivity contribution in [3.63, 3.8) is 0 Å². The van der Waals surface area contributed by atoms with Crippen molar-refractivity contribution in [3.8, 4) is 11.5 Å². The lowest BCUT2D eigenvalue weighted by molar-refractivity contribution is -0.125. The van der Waals surface area contributed by atoms with E-state index in [1.807, 2.05) is 0 Å². The molecule has 0 saturated carbocycles. The average molecular weight is 380 g/mol. The van der Waals surface area contributed by atoms with Gasteiger partial charge in [-0.05, 0) is 24.3 Å². The largest absolute Gasteiger partial charge is 0.485 e. The number of halogens is 3. The summed E-state index contributed by atoms with van der Waals surface area (Å²) in [4.78, 5) is 24.5. The Balaban J connectivity index is 1.69. The first-order chi connectivity index (χ1) is 12.8. The molecule has 1 aliphatic heterocycles. The number of alkyl halides is 3. The second-order valence-corrected chi connectivity index (χ2v) is 5.70. The van der Waals surface area contributed by atoms with Crippen molar-refractivity contribution >= 4 is 17.5 Å². The summed E-state index contributed by atoms with van der Waals surface area (Å²) >= 11 is 0. The van der Waals surface area contributed by atoms with E-state index in [2.05, 4.69) is 5.32 Å². The molecule has 142 valence electrons. The van der Waals surface area contributed by atoms with Gasteiger partial charge in [-0.1, -0.05) is 24.3 Å². The SMILES string of the molecule is O=C(NCC(F)(F)F)c1ccccc1NC(=O)[C@@H]1COc2ccccc2O1. The van der Waals surface area contributed by atoms with Gasteiger partial charge in [0.1, 0.15) is 13.2 Å². The number of hydrogen-bond donors (Lipinski definition) is 2. The van der Waals surface area contributed by atoms with Crippen molar-refractivity contribution in [2.45, 2.75) is 12.3 Å². The van der Waals surface area contributed by atoms with E-state index in [0.717, 1.165) is 0 Å². The Kier molecular flexibility index (Phi) is 5.20. The van der Waals surface area contributed by atoms with Gasteiger partial charge in [-0.15, -0.1) is 0 Å². The summed E-state index contributed by atoms with van der Waals surface area (Å²) in [7, 11) is 0. The number of carbonyl (C=O) groups excluding carboxylic acids is 2. The standard InChI is InChI=1S/C18H15F3N2O4/c19-18(20,21)10-22-16(24)11-5-1-2-6-12(11)23-17(25)15-9-26-13-7-3-4-8-14(13)27-15/h1-8,15H,9-10H2,(H,22,24)(H,23,25)/t15-/m0/s1. The summed E-state index contributed by atoms with van der Waals surface area (Å²) in [6.07, 6.45) is -5.50. The van der Waals surface area contributed by atoms with Gasteiger partial charge >= 0.3 is 6.18 Å². The van der Waals surface area contributed by atoms with E-state index in [1.54, 1.807) is 35.6 Å². The van der Waals surface area contributed by atoms with Gasteiger partial charge in [0.15, 0.2) is 11.5 Å². The molecular formula is C18H15F3N2O4. The zero-order chi connectivity index (χ0) is 19.4. The summed E-state index contributed by atoms with van der Waals surface area (Å²) in [6, 6.07) is 12.6. The summed E-state index contributed by atoms with van der Waals surface area (Å²) in [5, 5.41) is 4.28. The second-order valence-electron chi connectivity index (χ2n) is 5.70. The third-order valence-electron chi connectivity index (χ3n) is 3.68. The van der Waals surface area contributed by atoms with Gasteiger partial charge in [-0.25, -0.2) is 0 Å². The minimum absolute atomic E-state index is 0.0364. The maximum atomic E-state index is 12.4. The van der Waals surface area contributed by atoms with Gasteiger partial charge < -0.3 is 20.1 Å². The Bertz CT molecular complexity index is 854. The molecule has 2 amide bonds. The van der Waals surface area contributed by atoms with Gasteiger partial charge in [-0.2, -0.15) is 13.2 Å². The van der Waals surface area contributed by atoms with Crippen LogP contribution in [-0.4, -0.2) is 37.2 Å². The van der Waals surface area contributed by atoms with Crippen LogP contribution in [0.1, 0.15) is 10.4 Å². The Morgan fingerprint density at radius 1 is 1.04 bits per heavy atom. The van der Waals surface area contributed by atoms with Gasteiger partial charge in [0.25, 0.3) is 11.8 Å². The molecule has 2 N–H and O–H groups in total. The molecule has 0 unspecified atom stereocenters. The molecule has 1 aliphatic rings. The lowest BCUT2D eigenvalue weighted by atomic mass is 10.1. The Morgan fingerprint density at radius 2 is 1.70 bits per heavy atom. The predicted molar refractivity (Wildman–Crippen MR) is 89.8 cm³/mol. The molecule has 1 heterocycles. The summed E-state index contributed by atoms with van der Waals surface area (Å²) in [6.45, 7) is -1.50. The number of fused-ring (bicyclic) bond motifs is 1. The van der Waals surface area contributed by atoms with E-state index in [1.165, 1.54) is 18.2 Å². The monoisotopic (exact) mass is 380 g/mol. The highest BCUT2D eigenvalue weighted by Crippen LogP contribution is 2.31. The van der Waals surface area contributed by atoms with Crippen molar-refractivity contribution in [3.05, 3.63) is 54.1 Å². The maximum absolute atomic E-state index is 12.4. The van der Waals surface area contributed by atoms with Crippen molar-refractivity contribution in [1.82, 2.24) is 5.32 Å². The smallest absolute Gasteiger partial charge is 0.405 e. The van der Waals surface area contributed by atoms with Crippen LogP contribution >= 0.6 is 0 Å². The molecule has 9 heteroatoms. The first-order valence-corrected chi connectivity index (χ1v) is 7.97. The number of amides is 2. The van der Waals surface area contributed by atoms with Crippen LogP contribution in [0.4, 0.5) is 18.9 Å². The highest BCUT2D eigenvalue weighted by Gasteiger charge is 2.30. The van der Waals surface area contributed by atoms with E-state index in [-0.39, 0.29) is 17.9 Å². The van der Waals surface area contributed by atoms with Crippen LogP contribution in [0.2, 0.25) is 0 Å². The first-order valence-electron chi connectivity index (χ1n) is 7.97. The normalized spacial score (nSPS) is 15.7. The minimum atomic E-state index is -4.53. The molecule has 0 fully saturated rings. The van der Waals surface area contributed by atoms with Crippen LogP contribution in [-0.2, 0) is 4.79 Å². The lowest BCUT2D eigenvalue weighted by Gasteiger charge is -2.25. The fraction of sp³-hybridized carbons (Fsp3) is 0.222. The molecule has 1 atom stereocenters. The minimum Gasteiger partial charge on any atom is -0.485 e. The number of rotatable bonds is 4. The molecule has 0 saturated heterocycles. The average Bonchev–Trinajstić information content (AvgIpc) is 2.65. The maximum Gasteiger partial charge on any atom is 0.405 e. The van der Waals surface area contributed by atoms with Gasteiger partial charge in [0.2, 0.25) is 6.10 Å². The summed E-state index contributed by atoms with van der Waals surface area (Å²) < 4.78 is 47.9. The molecule has 0 radical (unpaired) electrons. The topological polar surface area (TPSA) is 76.7 Å². The van der Waals surface area contributed by atoms with E-state index in [4.69, 9.17) is 9.47 Å². The number of carbonyl (C=O) groups is 2. The zero-order valence-corrected chi connectivity index (χ0v) is 13.9. The van der Waals surface area contributed by atoms with E-state index < -0.39 is 30.6 Å². The third-order valence-corrected chi connectivity index (χ3v) is 3.68. The quantitative estimate of drug-likeness (QED) is 0.855. The molecule has 0 aromatic heterocycles. The number of nitrogens with one attached hydrogen (secondary N) is 2. The second kappa shape index (κ2) is 7.56. The third kappa shape index (κ3) is 4.69. The fourth-order valence-electron chi connectivity index (χ4n) is 2.43. The van der Waals surface area contributed by atoms with Crippen molar-refractivity contribution in [2.24, 2.45) is 0 Å². The van der Waals surface area contributed by atoms with Crippen LogP contribution in [0, 0.1) is 0 Å². The van der Waals surface area contributed by atoms with Gasteiger partial charge in [-0.3, -0.25) is 9.59 Å². The van der Waals surface area contributed by atoms with Gasteiger partial charge in [0, 0.05) is 0 Å². The number of hydrogen-bond acceptors (Lipinski definition) is 4. The van der Waals surface area contributed by atoms with Crippen LogP contribution in [0.15, 0.2) is 48.5 Å².